The number of fused-ring (bicyclic) bond motifs is 2. The predicted molar refractivity (Wildman–Crippen MR) is 86.2 cm³/mol. The molecule has 0 spiro atoms. The van der Waals surface area contributed by atoms with Gasteiger partial charge in [0, 0.05) is 41.3 Å². The van der Waals surface area contributed by atoms with Crippen molar-refractivity contribution < 1.29 is 4.39 Å². The maximum atomic E-state index is 13.6. The number of halogens is 2. The molecule has 1 aromatic carbocycles. The third kappa shape index (κ3) is 2.33. The van der Waals surface area contributed by atoms with Crippen molar-refractivity contribution in [2.45, 2.75) is 13.0 Å². The summed E-state index contributed by atoms with van der Waals surface area (Å²) in [6.07, 6.45) is 4.21. The normalized spacial score (nSPS) is 14.2. The van der Waals surface area contributed by atoms with E-state index in [1.165, 1.54) is 24.0 Å². The summed E-state index contributed by atoms with van der Waals surface area (Å²) in [4.78, 5) is 15.2. The van der Waals surface area contributed by atoms with Gasteiger partial charge in [0.05, 0.1) is 5.52 Å². The molecule has 0 radical (unpaired) electrons. The number of hydrogen-bond acceptors (Lipinski definition) is 4. The van der Waals surface area contributed by atoms with Crippen LogP contribution in [0.5, 0.6) is 0 Å². The van der Waals surface area contributed by atoms with E-state index in [2.05, 4.69) is 41.8 Å². The van der Waals surface area contributed by atoms with Gasteiger partial charge in [0.15, 0.2) is 0 Å². The van der Waals surface area contributed by atoms with Gasteiger partial charge >= 0.3 is 0 Å². The Hall–Kier alpha value is -2.08. The molecule has 4 rings (SSSR count). The summed E-state index contributed by atoms with van der Waals surface area (Å²) in [5.74, 6) is 0.500. The Morgan fingerprint density at radius 2 is 2.05 bits per heavy atom. The number of nitrogens with zero attached hydrogens (tertiary/aromatic N) is 4. The van der Waals surface area contributed by atoms with Crippen LogP contribution < -0.4 is 4.90 Å². The van der Waals surface area contributed by atoms with Crippen molar-refractivity contribution in [3.8, 4) is 0 Å². The zero-order valence-electron chi connectivity index (χ0n) is 11.6. The monoisotopic (exact) mass is 358 g/mol. The molecule has 1 aliphatic rings. The van der Waals surface area contributed by atoms with E-state index < -0.39 is 0 Å². The zero-order chi connectivity index (χ0) is 15.1. The first-order chi connectivity index (χ1) is 10.7. The average molecular weight is 359 g/mol. The fraction of sp³-hybridized carbons (Fsp3) is 0.188. The van der Waals surface area contributed by atoms with Gasteiger partial charge in [-0.2, -0.15) is 0 Å². The molecular weight excluding hydrogens is 347 g/mol. The Kier molecular flexibility index (Phi) is 3.26. The second-order valence-corrected chi connectivity index (χ2v) is 6.21. The molecule has 3 aromatic rings. The van der Waals surface area contributed by atoms with Gasteiger partial charge in [-0.25, -0.2) is 14.4 Å². The van der Waals surface area contributed by atoms with Crippen LogP contribution >= 0.6 is 15.9 Å². The molecule has 110 valence electrons. The minimum absolute atomic E-state index is 0.273. The lowest BCUT2D eigenvalue weighted by molar-refractivity contribution is 0.629. The Morgan fingerprint density at radius 3 is 2.95 bits per heavy atom. The average Bonchev–Trinajstić information content (AvgIpc) is 2.53. The summed E-state index contributed by atoms with van der Waals surface area (Å²) in [5, 5.41) is 0.744. The summed E-state index contributed by atoms with van der Waals surface area (Å²) in [6.45, 7) is 1.52. The van der Waals surface area contributed by atoms with Crippen LogP contribution in [0.3, 0.4) is 0 Å². The second-order valence-electron chi connectivity index (χ2n) is 5.29. The molecule has 0 N–H and O–H groups in total. The van der Waals surface area contributed by atoms with E-state index in [9.17, 15) is 4.39 Å². The summed E-state index contributed by atoms with van der Waals surface area (Å²) in [7, 11) is 0. The maximum Gasteiger partial charge on any atom is 0.140 e. The summed E-state index contributed by atoms with van der Waals surface area (Å²) in [5.41, 5.74) is 3.04. The van der Waals surface area contributed by atoms with Crippen LogP contribution in [0.1, 0.15) is 11.3 Å². The van der Waals surface area contributed by atoms with E-state index in [0.717, 1.165) is 39.9 Å². The number of pyridine rings is 1. The maximum absolute atomic E-state index is 13.6. The third-order valence-electron chi connectivity index (χ3n) is 3.88. The van der Waals surface area contributed by atoms with Crippen molar-refractivity contribution in [3.05, 3.63) is 58.3 Å². The van der Waals surface area contributed by atoms with Crippen molar-refractivity contribution in [2.24, 2.45) is 0 Å². The number of anilines is 1. The standard InChI is InChI=1S/C16H12BrFN4/c17-11-5-10-8-22(4-3-14(10)19-7-11)16-13-6-12(18)1-2-15(13)20-9-21-16/h1-2,5-7,9H,3-4,8H2. The van der Waals surface area contributed by atoms with Crippen molar-refractivity contribution in [3.63, 3.8) is 0 Å². The largest absolute Gasteiger partial charge is 0.351 e. The highest BCUT2D eigenvalue weighted by atomic mass is 79.9. The minimum atomic E-state index is -0.273. The molecule has 0 unspecified atom stereocenters. The number of rotatable bonds is 1. The molecule has 1 aliphatic heterocycles. The Labute approximate surface area is 135 Å². The fourth-order valence-corrected chi connectivity index (χ4v) is 3.22. The lowest BCUT2D eigenvalue weighted by Crippen LogP contribution is -2.31. The van der Waals surface area contributed by atoms with Crippen molar-refractivity contribution in [1.82, 2.24) is 15.0 Å². The molecular formula is C16H12BrFN4. The Bertz CT molecular complexity index is 868. The molecule has 4 nitrogen and oxygen atoms in total. The highest BCUT2D eigenvalue weighted by molar-refractivity contribution is 9.10. The number of hydrogen-bond donors (Lipinski definition) is 0. The van der Waals surface area contributed by atoms with E-state index >= 15 is 0 Å². The molecule has 0 saturated heterocycles. The first-order valence-corrected chi connectivity index (χ1v) is 7.78. The molecule has 0 saturated carbocycles. The van der Waals surface area contributed by atoms with E-state index in [0.29, 0.717) is 6.54 Å². The summed E-state index contributed by atoms with van der Waals surface area (Å²) >= 11 is 3.46. The van der Waals surface area contributed by atoms with Crippen molar-refractivity contribution in [2.75, 3.05) is 11.4 Å². The molecule has 2 aromatic heterocycles. The summed E-state index contributed by atoms with van der Waals surface area (Å²) < 4.78 is 14.5. The lowest BCUT2D eigenvalue weighted by atomic mass is 10.1. The van der Waals surface area contributed by atoms with Gasteiger partial charge in [0.2, 0.25) is 0 Å². The van der Waals surface area contributed by atoms with Crippen LogP contribution in [0.2, 0.25) is 0 Å². The zero-order valence-corrected chi connectivity index (χ0v) is 13.2. The van der Waals surface area contributed by atoms with E-state index in [4.69, 9.17) is 0 Å². The van der Waals surface area contributed by atoms with Gasteiger partial charge in [-0.3, -0.25) is 4.98 Å². The van der Waals surface area contributed by atoms with Crippen LogP contribution in [-0.2, 0) is 13.0 Å². The quantitative estimate of drug-likeness (QED) is 0.667. The van der Waals surface area contributed by atoms with Crippen LogP contribution in [0.4, 0.5) is 10.2 Å². The van der Waals surface area contributed by atoms with Gasteiger partial charge in [-0.1, -0.05) is 0 Å². The topological polar surface area (TPSA) is 41.9 Å². The molecule has 0 fully saturated rings. The van der Waals surface area contributed by atoms with E-state index in [-0.39, 0.29) is 5.82 Å². The van der Waals surface area contributed by atoms with Crippen LogP contribution in [-0.4, -0.2) is 21.5 Å². The second kappa shape index (κ2) is 5.28. The van der Waals surface area contributed by atoms with Gasteiger partial charge < -0.3 is 4.90 Å². The first-order valence-electron chi connectivity index (χ1n) is 6.99. The summed E-state index contributed by atoms with van der Waals surface area (Å²) in [6, 6.07) is 6.69. The van der Waals surface area contributed by atoms with E-state index in [1.807, 2.05) is 6.20 Å². The highest BCUT2D eigenvalue weighted by Gasteiger charge is 2.20. The fourth-order valence-electron chi connectivity index (χ4n) is 2.85. The van der Waals surface area contributed by atoms with Gasteiger partial charge in [0.25, 0.3) is 0 Å². The lowest BCUT2D eigenvalue weighted by Gasteiger charge is -2.29. The molecule has 0 atom stereocenters. The molecule has 0 aliphatic carbocycles. The van der Waals surface area contributed by atoms with Gasteiger partial charge in [-0.15, -0.1) is 0 Å². The predicted octanol–water partition coefficient (Wildman–Crippen LogP) is 3.49. The van der Waals surface area contributed by atoms with Crippen LogP contribution in [0, 0.1) is 5.82 Å². The molecule has 6 heteroatoms. The Morgan fingerprint density at radius 1 is 1.14 bits per heavy atom. The van der Waals surface area contributed by atoms with Gasteiger partial charge in [-0.05, 0) is 45.8 Å². The minimum Gasteiger partial charge on any atom is -0.351 e. The smallest absolute Gasteiger partial charge is 0.140 e. The highest BCUT2D eigenvalue weighted by Crippen LogP contribution is 2.28. The number of benzene rings is 1. The van der Waals surface area contributed by atoms with Gasteiger partial charge in [0.1, 0.15) is 18.0 Å². The number of aromatic nitrogens is 3. The first kappa shape index (κ1) is 13.6. The molecule has 0 bridgehead atoms. The van der Waals surface area contributed by atoms with E-state index in [1.54, 1.807) is 6.07 Å². The van der Waals surface area contributed by atoms with Crippen LogP contribution in [0.15, 0.2) is 41.3 Å². The van der Waals surface area contributed by atoms with Crippen molar-refractivity contribution >= 4 is 32.7 Å². The Balaban J connectivity index is 1.79. The van der Waals surface area contributed by atoms with Crippen LogP contribution in [0.25, 0.3) is 10.9 Å². The van der Waals surface area contributed by atoms with Crippen molar-refractivity contribution in [1.29, 1.82) is 0 Å². The molecule has 0 amide bonds. The SMILES string of the molecule is Fc1ccc2ncnc(N3CCc4ncc(Br)cc4C3)c2c1. The third-order valence-corrected chi connectivity index (χ3v) is 4.32. The molecule has 3 heterocycles. The molecule has 22 heavy (non-hydrogen) atoms.